The summed E-state index contributed by atoms with van der Waals surface area (Å²) >= 11 is 0. The SMILES string of the molecule is CCCCCCCCOc1ccc(-c2ccc(C(=O)OC(C)(CC)C(C)c3ccccc3)cc2)cc1. The average Bonchev–Trinajstić information content (AvgIpc) is 2.93. The van der Waals surface area contributed by atoms with Gasteiger partial charge in [0.05, 0.1) is 12.2 Å². The van der Waals surface area contributed by atoms with E-state index in [1.54, 1.807) is 0 Å². The fraction of sp³-hybridized carbons (Fsp3) is 0.424. The van der Waals surface area contributed by atoms with E-state index in [0.717, 1.165) is 36.3 Å². The monoisotopic (exact) mass is 486 g/mol. The van der Waals surface area contributed by atoms with Gasteiger partial charge in [-0.05, 0) is 60.7 Å². The van der Waals surface area contributed by atoms with Gasteiger partial charge in [-0.25, -0.2) is 4.79 Å². The highest BCUT2D eigenvalue weighted by atomic mass is 16.6. The molecule has 0 amide bonds. The average molecular weight is 487 g/mol. The summed E-state index contributed by atoms with van der Waals surface area (Å²) in [5.74, 6) is 0.708. The molecule has 2 unspecified atom stereocenters. The van der Waals surface area contributed by atoms with Crippen molar-refractivity contribution in [1.29, 1.82) is 0 Å². The molecule has 0 fully saturated rings. The van der Waals surface area contributed by atoms with Crippen molar-refractivity contribution >= 4 is 5.97 Å². The maximum Gasteiger partial charge on any atom is 0.338 e. The highest BCUT2D eigenvalue weighted by molar-refractivity contribution is 5.90. The molecule has 0 aromatic heterocycles. The van der Waals surface area contributed by atoms with E-state index in [2.05, 4.69) is 45.0 Å². The highest BCUT2D eigenvalue weighted by Gasteiger charge is 2.34. The lowest BCUT2D eigenvalue weighted by Crippen LogP contribution is -2.36. The van der Waals surface area contributed by atoms with Crippen LogP contribution in [-0.2, 0) is 4.74 Å². The van der Waals surface area contributed by atoms with Gasteiger partial charge in [0.25, 0.3) is 0 Å². The molecule has 0 bridgehead atoms. The van der Waals surface area contributed by atoms with Gasteiger partial charge in [-0.15, -0.1) is 0 Å². The van der Waals surface area contributed by atoms with Crippen LogP contribution >= 0.6 is 0 Å². The Bertz CT molecular complexity index is 1040. The number of esters is 1. The molecule has 3 aromatic rings. The molecule has 0 saturated heterocycles. The molecule has 0 saturated carbocycles. The standard InChI is InChI=1S/C33H42O3/c1-5-7-8-9-10-14-25-35-31-23-21-29(22-24-31)28-17-19-30(20-18-28)32(34)36-33(4,6-2)26(3)27-15-12-11-13-16-27/h11-13,15-24,26H,5-10,14,25H2,1-4H3. The summed E-state index contributed by atoms with van der Waals surface area (Å²) < 4.78 is 12.0. The van der Waals surface area contributed by atoms with Crippen LogP contribution in [0.3, 0.4) is 0 Å². The normalized spacial score (nSPS) is 13.6. The van der Waals surface area contributed by atoms with Gasteiger partial charge in [0.2, 0.25) is 0 Å². The van der Waals surface area contributed by atoms with E-state index in [9.17, 15) is 4.79 Å². The van der Waals surface area contributed by atoms with E-state index in [1.807, 2.05) is 61.5 Å². The fourth-order valence-electron chi connectivity index (χ4n) is 4.45. The number of carbonyl (C=O) groups is 1. The lowest BCUT2D eigenvalue weighted by Gasteiger charge is -2.35. The van der Waals surface area contributed by atoms with E-state index in [-0.39, 0.29) is 11.9 Å². The summed E-state index contributed by atoms with van der Waals surface area (Å²) in [5, 5.41) is 0. The van der Waals surface area contributed by atoms with Crippen molar-refractivity contribution in [2.24, 2.45) is 0 Å². The number of rotatable bonds is 14. The minimum atomic E-state index is -0.581. The summed E-state index contributed by atoms with van der Waals surface area (Å²) in [6.45, 7) is 9.22. The molecule has 0 aliphatic heterocycles. The van der Waals surface area contributed by atoms with E-state index < -0.39 is 5.60 Å². The van der Waals surface area contributed by atoms with Crippen LogP contribution in [0.5, 0.6) is 5.75 Å². The van der Waals surface area contributed by atoms with Crippen molar-refractivity contribution in [2.45, 2.75) is 84.2 Å². The molecule has 36 heavy (non-hydrogen) atoms. The van der Waals surface area contributed by atoms with Gasteiger partial charge < -0.3 is 9.47 Å². The van der Waals surface area contributed by atoms with Crippen molar-refractivity contribution in [1.82, 2.24) is 0 Å². The quantitative estimate of drug-likeness (QED) is 0.168. The van der Waals surface area contributed by atoms with Crippen LogP contribution in [-0.4, -0.2) is 18.2 Å². The molecule has 3 nitrogen and oxygen atoms in total. The second-order valence-electron chi connectivity index (χ2n) is 9.91. The second kappa shape index (κ2) is 13.9. The molecule has 3 heteroatoms. The van der Waals surface area contributed by atoms with Gasteiger partial charge in [-0.3, -0.25) is 0 Å². The van der Waals surface area contributed by atoms with Crippen LogP contribution in [0.15, 0.2) is 78.9 Å². The number of hydrogen-bond donors (Lipinski definition) is 0. The van der Waals surface area contributed by atoms with Gasteiger partial charge in [-0.1, -0.05) is 107 Å². The van der Waals surface area contributed by atoms with E-state index >= 15 is 0 Å². The van der Waals surface area contributed by atoms with Crippen molar-refractivity contribution in [2.75, 3.05) is 6.61 Å². The third-order valence-corrected chi connectivity index (χ3v) is 7.32. The summed E-state index contributed by atoms with van der Waals surface area (Å²) in [6, 6.07) is 26.1. The molecule has 0 N–H and O–H groups in total. The molecular formula is C33H42O3. The van der Waals surface area contributed by atoms with Crippen molar-refractivity contribution in [3.63, 3.8) is 0 Å². The maximum absolute atomic E-state index is 13.0. The van der Waals surface area contributed by atoms with Crippen LogP contribution in [0, 0.1) is 0 Å². The third-order valence-electron chi connectivity index (χ3n) is 7.32. The van der Waals surface area contributed by atoms with Gasteiger partial charge in [0.1, 0.15) is 11.4 Å². The predicted molar refractivity (Wildman–Crippen MR) is 150 cm³/mol. The Labute approximate surface area is 217 Å². The summed E-state index contributed by atoms with van der Waals surface area (Å²) in [4.78, 5) is 13.0. The van der Waals surface area contributed by atoms with Crippen molar-refractivity contribution in [3.05, 3.63) is 90.0 Å². The zero-order valence-electron chi connectivity index (χ0n) is 22.5. The molecule has 2 atom stereocenters. The fourth-order valence-corrected chi connectivity index (χ4v) is 4.45. The number of benzene rings is 3. The minimum absolute atomic E-state index is 0.0914. The van der Waals surface area contributed by atoms with E-state index in [4.69, 9.17) is 9.47 Å². The Morgan fingerprint density at radius 2 is 1.36 bits per heavy atom. The lowest BCUT2D eigenvalue weighted by molar-refractivity contribution is -0.0226. The van der Waals surface area contributed by atoms with E-state index in [0.29, 0.717) is 5.56 Å². The Morgan fingerprint density at radius 1 is 0.778 bits per heavy atom. The minimum Gasteiger partial charge on any atom is -0.494 e. The molecule has 3 rings (SSSR count). The number of carbonyl (C=O) groups excluding carboxylic acids is 1. The molecule has 0 radical (unpaired) electrons. The van der Waals surface area contributed by atoms with Gasteiger partial charge in [0, 0.05) is 5.92 Å². The van der Waals surface area contributed by atoms with Crippen molar-refractivity contribution in [3.8, 4) is 16.9 Å². The number of unbranched alkanes of at least 4 members (excludes halogenated alkanes) is 5. The Kier molecular flexibility index (Phi) is 10.6. The summed E-state index contributed by atoms with van der Waals surface area (Å²) in [5.41, 5.74) is 3.31. The molecular weight excluding hydrogens is 444 g/mol. The van der Waals surface area contributed by atoms with Crippen LogP contribution in [0.2, 0.25) is 0 Å². The predicted octanol–water partition coefficient (Wildman–Crippen LogP) is 9.22. The zero-order valence-corrected chi connectivity index (χ0v) is 22.5. The zero-order chi connectivity index (χ0) is 25.8. The van der Waals surface area contributed by atoms with Gasteiger partial charge in [-0.2, -0.15) is 0 Å². The topological polar surface area (TPSA) is 35.5 Å². The second-order valence-corrected chi connectivity index (χ2v) is 9.91. The van der Waals surface area contributed by atoms with Gasteiger partial charge >= 0.3 is 5.97 Å². The number of hydrogen-bond acceptors (Lipinski definition) is 3. The van der Waals surface area contributed by atoms with E-state index in [1.165, 1.54) is 37.7 Å². The molecule has 0 heterocycles. The Balaban J connectivity index is 1.55. The molecule has 0 spiro atoms. The molecule has 0 aliphatic rings. The lowest BCUT2D eigenvalue weighted by atomic mass is 9.82. The number of ether oxygens (including phenoxy) is 2. The smallest absolute Gasteiger partial charge is 0.338 e. The van der Waals surface area contributed by atoms with Crippen LogP contribution < -0.4 is 4.74 Å². The first kappa shape index (κ1) is 27.5. The molecule has 3 aromatic carbocycles. The highest BCUT2D eigenvalue weighted by Crippen LogP contribution is 2.35. The van der Waals surface area contributed by atoms with Crippen LogP contribution in [0.4, 0.5) is 0 Å². The third kappa shape index (κ3) is 7.71. The van der Waals surface area contributed by atoms with Crippen LogP contribution in [0.1, 0.15) is 94.5 Å². The largest absolute Gasteiger partial charge is 0.494 e. The Morgan fingerprint density at radius 3 is 1.97 bits per heavy atom. The summed E-state index contributed by atoms with van der Waals surface area (Å²) in [7, 11) is 0. The first-order valence-electron chi connectivity index (χ1n) is 13.6. The molecule has 192 valence electrons. The Hall–Kier alpha value is -3.07. The maximum atomic E-state index is 13.0. The molecule has 0 aliphatic carbocycles. The first-order valence-corrected chi connectivity index (χ1v) is 13.6. The first-order chi connectivity index (χ1) is 17.5. The van der Waals surface area contributed by atoms with Crippen molar-refractivity contribution < 1.29 is 14.3 Å². The van der Waals surface area contributed by atoms with Crippen LogP contribution in [0.25, 0.3) is 11.1 Å². The summed E-state index contributed by atoms with van der Waals surface area (Å²) in [6.07, 6.45) is 8.30. The van der Waals surface area contributed by atoms with Gasteiger partial charge in [0.15, 0.2) is 0 Å².